The summed E-state index contributed by atoms with van der Waals surface area (Å²) in [5, 5.41) is 5.45. The van der Waals surface area contributed by atoms with E-state index in [4.69, 9.17) is 4.74 Å². The second-order valence-electron chi connectivity index (χ2n) is 5.42. The largest absolute Gasteiger partial charge is 0.383 e. The van der Waals surface area contributed by atoms with Crippen LogP contribution in [-0.2, 0) is 14.3 Å². The lowest BCUT2D eigenvalue weighted by molar-refractivity contribution is -0.134. The van der Waals surface area contributed by atoms with Gasteiger partial charge in [-0.2, -0.15) is 0 Å². The van der Waals surface area contributed by atoms with Gasteiger partial charge in [0, 0.05) is 24.9 Å². The summed E-state index contributed by atoms with van der Waals surface area (Å²) < 4.78 is 4.87. The number of nitrogens with one attached hydrogen (secondary N) is 2. The van der Waals surface area contributed by atoms with E-state index in [1.165, 1.54) is 6.92 Å². The third kappa shape index (κ3) is 3.51. The molecular weight excluding hydrogens is 284 g/mol. The van der Waals surface area contributed by atoms with E-state index in [0.717, 1.165) is 0 Å². The van der Waals surface area contributed by atoms with Crippen LogP contribution in [0, 0.1) is 5.41 Å². The SMILES string of the molecule is COCCNC(=O)C1(C(=O)Nc2ccc(C(C)=O)cc2)CC1. The number of anilines is 1. The highest BCUT2D eigenvalue weighted by molar-refractivity contribution is 6.13. The van der Waals surface area contributed by atoms with Gasteiger partial charge in [-0.05, 0) is 44.0 Å². The Balaban J connectivity index is 1.96. The molecule has 6 heteroatoms. The third-order valence-electron chi connectivity index (χ3n) is 3.76. The van der Waals surface area contributed by atoms with Gasteiger partial charge in [0.05, 0.1) is 6.61 Å². The quantitative estimate of drug-likeness (QED) is 0.453. The van der Waals surface area contributed by atoms with Gasteiger partial charge in [0.15, 0.2) is 5.78 Å². The highest BCUT2D eigenvalue weighted by atomic mass is 16.5. The van der Waals surface area contributed by atoms with E-state index in [1.807, 2.05) is 0 Å². The molecule has 0 saturated heterocycles. The summed E-state index contributed by atoms with van der Waals surface area (Å²) in [6.07, 6.45) is 1.09. The molecule has 1 aromatic rings. The van der Waals surface area contributed by atoms with Crippen molar-refractivity contribution >= 4 is 23.3 Å². The number of hydrogen-bond acceptors (Lipinski definition) is 4. The van der Waals surface area contributed by atoms with Crippen LogP contribution < -0.4 is 10.6 Å². The number of ketones is 1. The maximum absolute atomic E-state index is 12.3. The number of carbonyl (C=O) groups excluding carboxylic acids is 3. The molecule has 0 heterocycles. The second-order valence-corrected chi connectivity index (χ2v) is 5.42. The topological polar surface area (TPSA) is 84.5 Å². The van der Waals surface area contributed by atoms with Crippen LogP contribution in [0.25, 0.3) is 0 Å². The smallest absolute Gasteiger partial charge is 0.240 e. The van der Waals surface area contributed by atoms with Gasteiger partial charge in [0.1, 0.15) is 5.41 Å². The van der Waals surface area contributed by atoms with Gasteiger partial charge in [0.25, 0.3) is 0 Å². The monoisotopic (exact) mass is 304 g/mol. The standard InChI is InChI=1S/C16H20N2O4/c1-11(19)12-3-5-13(6-4-12)18-15(21)16(7-8-16)14(20)17-9-10-22-2/h3-6H,7-10H2,1-2H3,(H,17,20)(H,18,21). The van der Waals surface area contributed by atoms with E-state index in [-0.39, 0.29) is 17.6 Å². The van der Waals surface area contributed by atoms with E-state index in [1.54, 1.807) is 31.4 Å². The van der Waals surface area contributed by atoms with Crippen molar-refractivity contribution in [3.8, 4) is 0 Å². The highest BCUT2D eigenvalue weighted by Crippen LogP contribution is 2.46. The zero-order chi connectivity index (χ0) is 16.2. The van der Waals surface area contributed by atoms with Gasteiger partial charge < -0.3 is 15.4 Å². The number of carbonyl (C=O) groups is 3. The third-order valence-corrected chi connectivity index (χ3v) is 3.76. The van der Waals surface area contributed by atoms with Crippen molar-refractivity contribution in [1.29, 1.82) is 0 Å². The second kappa shape index (κ2) is 6.70. The van der Waals surface area contributed by atoms with Crippen molar-refractivity contribution in [2.24, 2.45) is 5.41 Å². The molecule has 2 rings (SSSR count). The first kappa shape index (κ1) is 16.2. The lowest BCUT2D eigenvalue weighted by Gasteiger charge is -2.15. The number of Topliss-reactive ketones (excluding diaryl/α,β-unsaturated/α-hetero) is 1. The van der Waals surface area contributed by atoms with E-state index in [9.17, 15) is 14.4 Å². The molecule has 1 saturated carbocycles. The molecule has 6 nitrogen and oxygen atoms in total. The normalized spacial score (nSPS) is 15.0. The van der Waals surface area contributed by atoms with E-state index in [0.29, 0.717) is 37.2 Å². The number of methoxy groups -OCH3 is 1. The maximum Gasteiger partial charge on any atom is 0.240 e. The molecule has 0 aliphatic heterocycles. The molecule has 22 heavy (non-hydrogen) atoms. The van der Waals surface area contributed by atoms with Crippen LogP contribution in [0.3, 0.4) is 0 Å². The summed E-state index contributed by atoms with van der Waals surface area (Å²) in [5.74, 6) is -0.602. The minimum Gasteiger partial charge on any atom is -0.383 e. The Labute approximate surface area is 129 Å². The van der Waals surface area contributed by atoms with Crippen LogP contribution in [0.15, 0.2) is 24.3 Å². The van der Waals surface area contributed by atoms with Crippen LogP contribution in [0.4, 0.5) is 5.69 Å². The maximum atomic E-state index is 12.3. The fourth-order valence-electron chi connectivity index (χ4n) is 2.16. The molecule has 0 spiro atoms. The van der Waals surface area contributed by atoms with Crippen molar-refractivity contribution in [3.63, 3.8) is 0 Å². The molecule has 2 N–H and O–H groups in total. The first-order chi connectivity index (χ1) is 10.5. The molecule has 118 valence electrons. The number of amides is 2. The Morgan fingerprint density at radius 2 is 1.77 bits per heavy atom. The molecular formula is C16H20N2O4. The molecule has 1 aromatic carbocycles. The van der Waals surface area contributed by atoms with Gasteiger partial charge in [-0.1, -0.05) is 0 Å². The van der Waals surface area contributed by atoms with Gasteiger partial charge in [-0.25, -0.2) is 0 Å². The molecule has 0 unspecified atom stereocenters. The molecule has 1 fully saturated rings. The van der Waals surface area contributed by atoms with Crippen LogP contribution >= 0.6 is 0 Å². The zero-order valence-electron chi connectivity index (χ0n) is 12.8. The average Bonchev–Trinajstić information content (AvgIpc) is 3.29. The Morgan fingerprint density at radius 1 is 1.14 bits per heavy atom. The molecule has 0 aromatic heterocycles. The predicted octanol–water partition coefficient (Wildman–Crippen LogP) is 1.37. The summed E-state index contributed by atoms with van der Waals surface area (Å²) in [6.45, 7) is 2.28. The van der Waals surface area contributed by atoms with Crippen LogP contribution in [-0.4, -0.2) is 37.9 Å². The minimum absolute atomic E-state index is 0.0333. The molecule has 0 atom stereocenters. The van der Waals surface area contributed by atoms with Gasteiger partial charge in [-0.15, -0.1) is 0 Å². The molecule has 1 aliphatic rings. The van der Waals surface area contributed by atoms with Gasteiger partial charge >= 0.3 is 0 Å². The van der Waals surface area contributed by atoms with Gasteiger partial charge in [-0.3, -0.25) is 14.4 Å². The molecule has 1 aliphatic carbocycles. The Kier molecular flexibility index (Phi) is 4.92. The van der Waals surface area contributed by atoms with Crippen LogP contribution in [0.1, 0.15) is 30.1 Å². The Morgan fingerprint density at radius 3 is 2.27 bits per heavy atom. The van der Waals surface area contributed by atoms with Crippen molar-refractivity contribution in [2.45, 2.75) is 19.8 Å². The Hall–Kier alpha value is -2.21. The van der Waals surface area contributed by atoms with Crippen molar-refractivity contribution < 1.29 is 19.1 Å². The van der Waals surface area contributed by atoms with Crippen molar-refractivity contribution in [1.82, 2.24) is 5.32 Å². The summed E-state index contributed by atoms with van der Waals surface area (Å²) >= 11 is 0. The number of benzene rings is 1. The molecule has 0 radical (unpaired) electrons. The fourth-order valence-corrected chi connectivity index (χ4v) is 2.16. The number of hydrogen-bond donors (Lipinski definition) is 2. The predicted molar refractivity (Wildman–Crippen MR) is 81.6 cm³/mol. The Bertz CT molecular complexity index is 576. The zero-order valence-corrected chi connectivity index (χ0v) is 12.8. The summed E-state index contributed by atoms with van der Waals surface area (Å²) in [5.41, 5.74) is 0.190. The summed E-state index contributed by atoms with van der Waals surface area (Å²) in [7, 11) is 1.55. The summed E-state index contributed by atoms with van der Waals surface area (Å²) in [4.78, 5) is 35.6. The first-order valence-corrected chi connectivity index (χ1v) is 7.19. The fraction of sp³-hybridized carbons (Fsp3) is 0.438. The van der Waals surface area contributed by atoms with E-state index in [2.05, 4.69) is 10.6 Å². The summed E-state index contributed by atoms with van der Waals surface area (Å²) in [6, 6.07) is 6.62. The lowest BCUT2D eigenvalue weighted by Crippen LogP contribution is -2.41. The average molecular weight is 304 g/mol. The van der Waals surface area contributed by atoms with E-state index >= 15 is 0 Å². The molecule has 2 amide bonds. The molecule has 0 bridgehead atoms. The number of rotatable bonds is 7. The van der Waals surface area contributed by atoms with Crippen molar-refractivity contribution in [2.75, 3.05) is 25.6 Å². The number of ether oxygens (including phenoxy) is 1. The van der Waals surface area contributed by atoms with E-state index < -0.39 is 5.41 Å². The van der Waals surface area contributed by atoms with Crippen LogP contribution in [0.5, 0.6) is 0 Å². The first-order valence-electron chi connectivity index (χ1n) is 7.19. The minimum atomic E-state index is -0.965. The van der Waals surface area contributed by atoms with Crippen LogP contribution in [0.2, 0.25) is 0 Å². The lowest BCUT2D eigenvalue weighted by atomic mass is 10.0. The van der Waals surface area contributed by atoms with Crippen molar-refractivity contribution in [3.05, 3.63) is 29.8 Å². The highest BCUT2D eigenvalue weighted by Gasteiger charge is 2.56. The van der Waals surface area contributed by atoms with Gasteiger partial charge in [0.2, 0.25) is 11.8 Å².